The summed E-state index contributed by atoms with van der Waals surface area (Å²) >= 11 is 1.84. The minimum absolute atomic E-state index is 0.281. The van der Waals surface area contributed by atoms with E-state index in [-0.39, 0.29) is 6.04 Å². The summed E-state index contributed by atoms with van der Waals surface area (Å²) in [5, 5.41) is 3.53. The van der Waals surface area contributed by atoms with Crippen LogP contribution in [0, 0.1) is 6.92 Å². The van der Waals surface area contributed by atoms with E-state index in [0.717, 1.165) is 12.3 Å². The number of benzene rings is 1. The maximum Gasteiger partial charge on any atom is 0.123 e. The molecule has 1 heterocycles. The Morgan fingerprint density at radius 3 is 2.67 bits per heavy atom. The first-order valence-corrected chi connectivity index (χ1v) is 6.94. The lowest BCUT2D eigenvalue weighted by atomic mass is 10.1. The highest BCUT2D eigenvalue weighted by Crippen LogP contribution is 2.25. The molecule has 0 spiro atoms. The van der Waals surface area contributed by atoms with E-state index in [0.29, 0.717) is 0 Å². The zero-order valence-electron chi connectivity index (χ0n) is 11.1. The van der Waals surface area contributed by atoms with Gasteiger partial charge in [-0.25, -0.2) is 0 Å². The molecule has 0 saturated heterocycles. The predicted molar refractivity (Wildman–Crippen MR) is 77.3 cm³/mol. The van der Waals surface area contributed by atoms with Crippen molar-refractivity contribution in [3.8, 4) is 5.75 Å². The summed E-state index contributed by atoms with van der Waals surface area (Å²) in [6, 6.07) is 12.8. The van der Waals surface area contributed by atoms with Crippen molar-refractivity contribution in [1.82, 2.24) is 5.32 Å². The zero-order chi connectivity index (χ0) is 13.0. The van der Waals surface area contributed by atoms with Gasteiger partial charge >= 0.3 is 0 Å². The largest absolute Gasteiger partial charge is 0.496 e. The van der Waals surface area contributed by atoms with Crippen molar-refractivity contribution < 1.29 is 4.74 Å². The smallest absolute Gasteiger partial charge is 0.123 e. The lowest BCUT2D eigenvalue weighted by Gasteiger charge is -2.16. The molecule has 0 amide bonds. The van der Waals surface area contributed by atoms with Crippen LogP contribution < -0.4 is 10.1 Å². The van der Waals surface area contributed by atoms with E-state index in [1.54, 1.807) is 7.11 Å². The zero-order valence-corrected chi connectivity index (χ0v) is 11.9. The Hall–Kier alpha value is -1.32. The summed E-state index contributed by atoms with van der Waals surface area (Å²) in [7, 11) is 1.72. The molecule has 2 nitrogen and oxygen atoms in total. The number of ether oxygens (including phenoxy) is 1. The molecule has 0 saturated carbocycles. The third kappa shape index (κ3) is 3.12. The standard InChI is InChI=1S/C15H19NOS/c1-11-8-9-13(18-11)10-16-12(2)14-6-4-5-7-15(14)17-3/h4-9,12,16H,10H2,1-3H3/t12-/m0/s1. The quantitative estimate of drug-likeness (QED) is 0.881. The number of hydrogen-bond donors (Lipinski definition) is 1. The molecule has 0 bridgehead atoms. The fraction of sp³-hybridized carbons (Fsp3) is 0.333. The highest BCUT2D eigenvalue weighted by molar-refractivity contribution is 7.11. The Morgan fingerprint density at radius 2 is 2.00 bits per heavy atom. The van der Waals surface area contributed by atoms with Crippen LogP contribution in [0.2, 0.25) is 0 Å². The molecule has 1 atom stereocenters. The van der Waals surface area contributed by atoms with E-state index in [4.69, 9.17) is 4.74 Å². The second-order valence-corrected chi connectivity index (χ2v) is 5.73. The topological polar surface area (TPSA) is 21.3 Å². The molecular formula is C15H19NOS. The van der Waals surface area contributed by atoms with Crippen LogP contribution in [-0.4, -0.2) is 7.11 Å². The molecule has 2 rings (SSSR count). The van der Waals surface area contributed by atoms with Gasteiger partial charge in [0.15, 0.2) is 0 Å². The summed E-state index contributed by atoms with van der Waals surface area (Å²) in [4.78, 5) is 2.73. The van der Waals surface area contributed by atoms with E-state index < -0.39 is 0 Å². The molecule has 1 aromatic heterocycles. The molecule has 0 aliphatic heterocycles. The maximum atomic E-state index is 5.39. The maximum absolute atomic E-state index is 5.39. The number of hydrogen-bond acceptors (Lipinski definition) is 3. The average Bonchev–Trinajstić information content (AvgIpc) is 2.81. The van der Waals surface area contributed by atoms with E-state index >= 15 is 0 Å². The molecule has 18 heavy (non-hydrogen) atoms. The molecule has 1 aromatic carbocycles. The minimum Gasteiger partial charge on any atom is -0.496 e. The van der Waals surface area contributed by atoms with Crippen molar-refractivity contribution in [2.45, 2.75) is 26.4 Å². The summed E-state index contributed by atoms with van der Waals surface area (Å²) in [6.07, 6.45) is 0. The first-order valence-electron chi connectivity index (χ1n) is 6.12. The van der Waals surface area contributed by atoms with Crippen molar-refractivity contribution >= 4 is 11.3 Å². The Bertz CT molecular complexity index is 507. The van der Waals surface area contributed by atoms with E-state index in [2.05, 4.69) is 37.4 Å². The number of thiophene rings is 1. The third-order valence-corrected chi connectivity index (χ3v) is 3.98. The molecular weight excluding hydrogens is 242 g/mol. The second kappa shape index (κ2) is 6.03. The van der Waals surface area contributed by atoms with Gasteiger partial charge in [-0.1, -0.05) is 18.2 Å². The molecule has 0 aliphatic carbocycles. The van der Waals surface area contributed by atoms with Crippen LogP contribution in [0.15, 0.2) is 36.4 Å². The highest BCUT2D eigenvalue weighted by atomic mass is 32.1. The Balaban J connectivity index is 2.01. The highest BCUT2D eigenvalue weighted by Gasteiger charge is 2.10. The number of aryl methyl sites for hydroxylation is 1. The van der Waals surface area contributed by atoms with Gasteiger partial charge in [0.1, 0.15) is 5.75 Å². The van der Waals surface area contributed by atoms with Gasteiger partial charge in [-0.15, -0.1) is 11.3 Å². The SMILES string of the molecule is COc1ccccc1[C@H](C)NCc1ccc(C)s1. The lowest BCUT2D eigenvalue weighted by Crippen LogP contribution is -2.18. The van der Waals surface area contributed by atoms with Gasteiger partial charge in [0.25, 0.3) is 0 Å². The summed E-state index contributed by atoms with van der Waals surface area (Å²) in [6.45, 7) is 5.20. The molecule has 3 heteroatoms. The first kappa shape index (κ1) is 13.1. The van der Waals surface area contributed by atoms with Crippen molar-refractivity contribution in [2.75, 3.05) is 7.11 Å². The van der Waals surface area contributed by atoms with Crippen LogP contribution in [0.25, 0.3) is 0 Å². The van der Waals surface area contributed by atoms with Gasteiger partial charge in [-0.05, 0) is 32.0 Å². The van der Waals surface area contributed by atoms with Gasteiger partial charge in [0.05, 0.1) is 7.11 Å². The monoisotopic (exact) mass is 261 g/mol. The van der Waals surface area contributed by atoms with Crippen molar-refractivity contribution in [1.29, 1.82) is 0 Å². The van der Waals surface area contributed by atoms with Crippen LogP contribution in [0.1, 0.15) is 28.3 Å². The molecule has 96 valence electrons. The number of nitrogens with one attached hydrogen (secondary N) is 1. The summed E-state index contributed by atoms with van der Waals surface area (Å²) < 4.78 is 5.39. The van der Waals surface area contributed by atoms with Crippen molar-refractivity contribution in [3.05, 3.63) is 51.7 Å². The van der Waals surface area contributed by atoms with Gasteiger partial charge in [-0.2, -0.15) is 0 Å². The Labute approximate surface area is 113 Å². The van der Waals surface area contributed by atoms with E-state index in [1.165, 1.54) is 15.3 Å². The molecule has 0 fully saturated rings. The number of methoxy groups -OCH3 is 1. The number of para-hydroxylation sites is 1. The van der Waals surface area contributed by atoms with Crippen molar-refractivity contribution in [2.24, 2.45) is 0 Å². The second-order valence-electron chi connectivity index (χ2n) is 4.36. The molecule has 2 aromatic rings. The fourth-order valence-corrected chi connectivity index (χ4v) is 2.81. The van der Waals surface area contributed by atoms with E-state index in [9.17, 15) is 0 Å². The van der Waals surface area contributed by atoms with Crippen LogP contribution in [0.3, 0.4) is 0 Å². The predicted octanol–water partition coefficient (Wildman–Crippen LogP) is 3.92. The van der Waals surface area contributed by atoms with Crippen LogP contribution in [0.4, 0.5) is 0 Å². The third-order valence-electron chi connectivity index (χ3n) is 2.98. The van der Waals surface area contributed by atoms with Gasteiger partial charge in [0.2, 0.25) is 0 Å². The summed E-state index contributed by atoms with van der Waals surface area (Å²) in [5.74, 6) is 0.944. The minimum atomic E-state index is 0.281. The Morgan fingerprint density at radius 1 is 1.22 bits per heavy atom. The van der Waals surface area contributed by atoms with Gasteiger partial charge < -0.3 is 10.1 Å². The van der Waals surface area contributed by atoms with Gasteiger partial charge in [0, 0.05) is 27.9 Å². The molecule has 0 unspecified atom stereocenters. The molecule has 0 aliphatic rings. The normalized spacial score (nSPS) is 12.4. The first-order chi connectivity index (χ1) is 8.70. The lowest BCUT2D eigenvalue weighted by molar-refractivity contribution is 0.401. The van der Waals surface area contributed by atoms with Gasteiger partial charge in [-0.3, -0.25) is 0 Å². The van der Waals surface area contributed by atoms with Crippen LogP contribution in [0.5, 0.6) is 5.75 Å². The van der Waals surface area contributed by atoms with Crippen molar-refractivity contribution in [3.63, 3.8) is 0 Å². The molecule has 0 radical (unpaired) electrons. The van der Waals surface area contributed by atoms with Crippen LogP contribution in [-0.2, 0) is 6.54 Å². The average molecular weight is 261 g/mol. The summed E-state index contributed by atoms with van der Waals surface area (Å²) in [5.41, 5.74) is 1.20. The molecule has 1 N–H and O–H groups in total. The van der Waals surface area contributed by atoms with Crippen LogP contribution >= 0.6 is 11.3 Å². The fourth-order valence-electron chi connectivity index (χ4n) is 1.97. The van der Waals surface area contributed by atoms with E-state index in [1.807, 2.05) is 29.5 Å². The number of rotatable bonds is 5. The Kier molecular flexibility index (Phi) is 4.39.